The fourth-order valence-electron chi connectivity index (χ4n) is 8.11. The van der Waals surface area contributed by atoms with Crippen molar-refractivity contribution in [2.24, 2.45) is 0 Å². The molecule has 0 saturated heterocycles. The van der Waals surface area contributed by atoms with Gasteiger partial charge in [-0.3, -0.25) is 0 Å². The van der Waals surface area contributed by atoms with Gasteiger partial charge in [-0.05, 0) is 140 Å². The fraction of sp³-hybridized carbons (Fsp3) is 0. The Labute approximate surface area is 315 Å². The van der Waals surface area contributed by atoms with E-state index in [1.54, 1.807) is 0 Å². The SMILES string of the molecule is c1ccc(N(c2ccccc2)c2ccc(-c3cc4cccc5c(-c6ccc(N(c7ccccc7)c7ccccc7)cc6)cc6cccc3c6c45)cc2)cc1. The summed E-state index contributed by atoms with van der Waals surface area (Å²) in [5, 5.41) is 7.69. The van der Waals surface area contributed by atoms with Crippen LogP contribution < -0.4 is 9.80 Å². The highest BCUT2D eigenvalue weighted by molar-refractivity contribution is 6.29. The van der Waals surface area contributed by atoms with Gasteiger partial charge in [-0.15, -0.1) is 0 Å². The van der Waals surface area contributed by atoms with E-state index in [-0.39, 0.29) is 0 Å². The van der Waals surface area contributed by atoms with Gasteiger partial charge in [0.1, 0.15) is 0 Å². The van der Waals surface area contributed by atoms with Gasteiger partial charge in [0.2, 0.25) is 0 Å². The predicted molar refractivity (Wildman–Crippen MR) is 230 cm³/mol. The van der Waals surface area contributed by atoms with Crippen molar-refractivity contribution in [3.63, 3.8) is 0 Å². The summed E-state index contributed by atoms with van der Waals surface area (Å²) in [5.41, 5.74) is 11.7. The summed E-state index contributed by atoms with van der Waals surface area (Å²) in [6.45, 7) is 0. The van der Waals surface area contributed by atoms with Crippen molar-refractivity contribution >= 4 is 66.4 Å². The van der Waals surface area contributed by atoms with Crippen molar-refractivity contribution in [1.29, 1.82) is 0 Å². The lowest BCUT2D eigenvalue weighted by Gasteiger charge is -2.26. The van der Waals surface area contributed by atoms with E-state index >= 15 is 0 Å². The summed E-state index contributed by atoms with van der Waals surface area (Å²) < 4.78 is 0. The highest BCUT2D eigenvalue weighted by atomic mass is 15.1. The Balaban J connectivity index is 1.06. The molecule has 0 aliphatic rings. The van der Waals surface area contributed by atoms with Crippen LogP contribution in [0.5, 0.6) is 0 Å². The first-order valence-electron chi connectivity index (χ1n) is 18.5. The van der Waals surface area contributed by atoms with Crippen LogP contribution >= 0.6 is 0 Å². The number of hydrogen-bond donors (Lipinski definition) is 0. The number of nitrogens with zero attached hydrogens (tertiary/aromatic N) is 2. The summed E-state index contributed by atoms with van der Waals surface area (Å²) in [7, 11) is 0. The third kappa shape index (κ3) is 5.53. The molecule has 0 aliphatic heterocycles. The minimum absolute atomic E-state index is 1.12. The first kappa shape index (κ1) is 31.6. The molecule has 0 aliphatic carbocycles. The summed E-state index contributed by atoms with van der Waals surface area (Å²) >= 11 is 0. The van der Waals surface area contributed by atoms with E-state index < -0.39 is 0 Å². The van der Waals surface area contributed by atoms with E-state index in [1.807, 2.05) is 0 Å². The lowest BCUT2D eigenvalue weighted by atomic mass is 9.86. The molecule has 0 radical (unpaired) electrons. The van der Waals surface area contributed by atoms with Crippen LogP contribution in [0, 0.1) is 0 Å². The van der Waals surface area contributed by atoms with Crippen LogP contribution in [0.15, 0.2) is 218 Å². The first-order valence-corrected chi connectivity index (χ1v) is 18.5. The van der Waals surface area contributed by atoms with E-state index in [4.69, 9.17) is 0 Å². The van der Waals surface area contributed by atoms with E-state index in [1.165, 1.54) is 54.6 Å². The maximum atomic E-state index is 2.38. The molecule has 54 heavy (non-hydrogen) atoms. The first-order chi connectivity index (χ1) is 26.8. The molecule has 0 atom stereocenters. The van der Waals surface area contributed by atoms with Crippen LogP contribution in [-0.4, -0.2) is 0 Å². The largest absolute Gasteiger partial charge is 0.311 e. The second-order valence-electron chi connectivity index (χ2n) is 13.8. The van der Waals surface area contributed by atoms with Gasteiger partial charge in [-0.25, -0.2) is 0 Å². The molecule has 0 saturated carbocycles. The molecule has 0 spiro atoms. The van der Waals surface area contributed by atoms with Crippen LogP contribution in [0.25, 0.3) is 54.6 Å². The second-order valence-corrected chi connectivity index (χ2v) is 13.8. The number of rotatable bonds is 8. The Morgan fingerprint density at radius 1 is 0.241 bits per heavy atom. The molecule has 0 N–H and O–H groups in total. The third-order valence-corrected chi connectivity index (χ3v) is 10.6. The highest BCUT2D eigenvalue weighted by Crippen LogP contribution is 2.45. The fourth-order valence-corrected chi connectivity index (χ4v) is 8.11. The normalized spacial score (nSPS) is 11.3. The number of para-hydroxylation sites is 4. The molecule has 2 heteroatoms. The van der Waals surface area contributed by atoms with Crippen molar-refractivity contribution < 1.29 is 0 Å². The quantitative estimate of drug-likeness (QED) is 0.147. The third-order valence-electron chi connectivity index (χ3n) is 10.6. The van der Waals surface area contributed by atoms with Crippen molar-refractivity contribution in [2.75, 3.05) is 9.80 Å². The van der Waals surface area contributed by atoms with Gasteiger partial charge in [0.25, 0.3) is 0 Å². The Bertz CT molecular complexity index is 2550. The Kier molecular flexibility index (Phi) is 7.85. The van der Waals surface area contributed by atoms with Gasteiger partial charge in [0.05, 0.1) is 0 Å². The van der Waals surface area contributed by atoms with E-state index in [9.17, 15) is 0 Å². The molecule has 10 rings (SSSR count). The predicted octanol–water partition coefficient (Wildman–Crippen LogP) is 14.9. The molecule has 0 bridgehead atoms. The van der Waals surface area contributed by atoms with Crippen molar-refractivity contribution in [1.82, 2.24) is 0 Å². The second kappa shape index (κ2) is 13.4. The zero-order valence-corrected chi connectivity index (χ0v) is 29.7. The lowest BCUT2D eigenvalue weighted by molar-refractivity contribution is 1.28. The molecule has 0 heterocycles. The zero-order valence-electron chi connectivity index (χ0n) is 29.7. The lowest BCUT2D eigenvalue weighted by Crippen LogP contribution is -2.09. The number of anilines is 6. The van der Waals surface area contributed by atoms with Gasteiger partial charge in [0, 0.05) is 34.1 Å². The smallest absolute Gasteiger partial charge is 0.0462 e. The van der Waals surface area contributed by atoms with Crippen LogP contribution in [0.1, 0.15) is 0 Å². The zero-order chi connectivity index (χ0) is 35.8. The van der Waals surface area contributed by atoms with Crippen LogP contribution in [0.3, 0.4) is 0 Å². The van der Waals surface area contributed by atoms with Crippen LogP contribution in [0.4, 0.5) is 34.1 Å². The summed E-state index contributed by atoms with van der Waals surface area (Å²) in [6, 6.07) is 78.7. The standard InChI is InChI=1S/C52H36N2/c1-5-17-41(18-6-1)53(42-19-7-2-8-20-42)45-31-27-37(28-32-45)49-35-39-15-14-26-48-50(36-40-16-13-25-47(49)51(40)52(39)48)38-29-33-46(34-30-38)54(43-21-9-3-10-22-43)44-23-11-4-12-24-44/h1-36H. The average Bonchev–Trinajstić information content (AvgIpc) is 3.25. The summed E-state index contributed by atoms with van der Waals surface area (Å²) in [5.74, 6) is 0. The van der Waals surface area contributed by atoms with Crippen molar-refractivity contribution in [3.8, 4) is 22.3 Å². The van der Waals surface area contributed by atoms with Crippen molar-refractivity contribution in [2.45, 2.75) is 0 Å². The molecule has 2 nitrogen and oxygen atoms in total. The van der Waals surface area contributed by atoms with Crippen LogP contribution in [-0.2, 0) is 0 Å². The Morgan fingerprint density at radius 2 is 0.537 bits per heavy atom. The van der Waals surface area contributed by atoms with E-state index in [0.29, 0.717) is 0 Å². The summed E-state index contributed by atoms with van der Waals surface area (Å²) in [4.78, 5) is 4.62. The van der Waals surface area contributed by atoms with Crippen molar-refractivity contribution in [3.05, 3.63) is 218 Å². The monoisotopic (exact) mass is 688 g/mol. The number of hydrogen-bond acceptors (Lipinski definition) is 2. The summed E-state index contributed by atoms with van der Waals surface area (Å²) in [6.07, 6.45) is 0. The number of benzene rings is 10. The Morgan fingerprint density at radius 3 is 0.852 bits per heavy atom. The molecule has 10 aromatic rings. The van der Waals surface area contributed by atoms with Gasteiger partial charge < -0.3 is 9.80 Å². The molecule has 0 fully saturated rings. The maximum absolute atomic E-state index is 2.38. The minimum Gasteiger partial charge on any atom is -0.311 e. The maximum Gasteiger partial charge on any atom is 0.0462 e. The van der Waals surface area contributed by atoms with Gasteiger partial charge in [-0.2, -0.15) is 0 Å². The minimum atomic E-state index is 1.12. The molecule has 0 unspecified atom stereocenters. The topological polar surface area (TPSA) is 6.48 Å². The highest BCUT2D eigenvalue weighted by Gasteiger charge is 2.18. The molecule has 10 aromatic carbocycles. The van der Waals surface area contributed by atoms with Crippen LogP contribution in [0.2, 0.25) is 0 Å². The molecular formula is C52H36N2. The molecule has 254 valence electrons. The van der Waals surface area contributed by atoms with E-state index in [2.05, 4.69) is 228 Å². The van der Waals surface area contributed by atoms with Gasteiger partial charge in [0.15, 0.2) is 0 Å². The molecule has 0 amide bonds. The molecular weight excluding hydrogens is 653 g/mol. The van der Waals surface area contributed by atoms with Gasteiger partial charge in [-0.1, -0.05) is 133 Å². The van der Waals surface area contributed by atoms with Gasteiger partial charge >= 0.3 is 0 Å². The van der Waals surface area contributed by atoms with E-state index in [0.717, 1.165) is 34.1 Å². The Hall–Kier alpha value is -7.16. The molecule has 0 aromatic heterocycles. The average molecular weight is 689 g/mol.